The lowest BCUT2D eigenvalue weighted by Crippen LogP contribution is -2.23. The maximum atomic E-state index is 14.8. The molecule has 0 unspecified atom stereocenters. The number of rotatable bonds is 13. The molecule has 0 radical (unpaired) electrons. The third-order valence-corrected chi connectivity index (χ3v) is 7.55. The molecule has 8 nitrogen and oxygen atoms in total. The minimum absolute atomic E-state index is 0.246. The van der Waals surface area contributed by atoms with Crippen molar-refractivity contribution in [1.82, 2.24) is 40.3 Å². The van der Waals surface area contributed by atoms with Gasteiger partial charge in [-0.05, 0) is 108 Å². The van der Waals surface area contributed by atoms with Gasteiger partial charge in [0.25, 0.3) is 0 Å². The van der Waals surface area contributed by atoms with Gasteiger partial charge in [-0.2, -0.15) is 5.10 Å². The maximum absolute atomic E-state index is 14.8. The van der Waals surface area contributed by atoms with Crippen molar-refractivity contribution in [3.63, 3.8) is 0 Å². The molecule has 9 heteroatoms. The Morgan fingerprint density at radius 2 is 1.82 bits per heavy atom. The molecular formula is C36H41FN8. The fourth-order valence-corrected chi connectivity index (χ4v) is 5.48. The Balaban J connectivity index is 1.49. The number of allylic oxidation sites excluding steroid dienone is 4. The van der Waals surface area contributed by atoms with Gasteiger partial charge < -0.3 is 20.1 Å². The zero-order chi connectivity index (χ0) is 32.1. The molecule has 5 aromatic rings. The second kappa shape index (κ2) is 13.8. The van der Waals surface area contributed by atoms with Crippen molar-refractivity contribution >= 4 is 27.4 Å². The van der Waals surface area contributed by atoms with Crippen molar-refractivity contribution in [2.75, 3.05) is 41.3 Å². The van der Waals surface area contributed by atoms with Gasteiger partial charge >= 0.3 is 0 Å². The minimum Gasteiger partial charge on any atom is -0.358 e. The first-order chi connectivity index (χ1) is 21.6. The number of aryl methyl sites for hydroxylation is 1. The predicted molar refractivity (Wildman–Crippen MR) is 184 cm³/mol. The van der Waals surface area contributed by atoms with E-state index in [4.69, 9.17) is 4.98 Å². The van der Waals surface area contributed by atoms with Crippen LogP contribution in [0.4, 0.5) is 4.39 Å². The van der Waals surface area contributed by atoms with Gasteiger partial charge in [0, 0.05) is 40.5 Å². The van der Waals surface area contributed by atoms with E-state index in [1.165, 1.54) is 0 Å². The Kier molecular flexibility index (Phi) is 9.71. The van der Waals surface area contributed by atoms with E-state index in [0.29, 0.717) is 6.54 Å². The molecule has 232 valence electrons. The molecule has 0 amide bonds. The molecule has 3 N–H and O–H groups in total. The van der Waals surface area contributed by atoms with Crippen LogP contribution in [0.5, 0.6) is 0 Å². The Morgan fingerprint density at radius 3 is 2.56 bits per heavy atom. The topological polar surface area (TPSA) is 88.8 Å². The van der Waals surface area contributed by atoms with Gasteiger partial charge in [-0.15, -0.1) is 0 Å². The molecule has 5 rings (SSSR count). The standard InChI is InChI=1S/C36H41FN8/c1-8-25(16-28(9-2)40-23(3)22-45(6)7)32-18-30-35(21-39-32)42-43-36(30)33-17-29-31(19-38-20-34(29)41-33)26-13-24(14-27(37)15-26)11-10-12-44(4)5/h8-9,13-21,40-41H,2-3,10-12,22H2,1,4-7H3,(H,42,43)/b25-8+,28-16+. The van der Waals surface area contributed by atoms with Crippen molar-refractivity contribution in [3.8, 4) is 22.5 Å². The number of H-pyrrole nitrogens is 2. The highest BCUT2D eigenvalue weighted by Gasteiger charge is 2.16. The Labute approximate surface area is 264 Å². The lowest BCUT2D eigenvalue weighted by molar-refractivity contribution is 0.400. The molecular weight excluding hydrogens is 563 g/mol. The van der Waals surface area contributed by atoms with E-state index in [1.807, 2.05) is 53.3 Å². The zero-order valence-electron chi connectivity index (χ0n) is 26.7. The van der Waals surface area contributed by atoms with Crippen LogP contribution in [0.15, 0.2) is 91.7 Å². The van der Waals surface area contributed by atoms with E-state index in [2.05, 4.69) is 60.6 Å². The van der Waals surface area contributed by atoms with E-state index < -0.39 is 0 Å². The van der Waals surface area contributed by atoms with E-state index in [0.717, 1.165) is 91.9 Å². The summed E-state index contributed by atoms with van der Waals surface area (Å²) in [5.41, 5.74) is 9.34. The maximum Gasteiger partial charge on any atom is 0.124 e. The summed E-state index contributed by atoms with van der Waals surface area (Å²) in [6, 6.07) is 9.36. The average molecular weight is 605 g/mol. The van der Waals surface area contributed by atoms with Crippen LogP contribution in [0.2, 0.25) is 0 Å². The number of nitrogens with zero attached hydrogens (tertiary/aromatic N) is 5. The number of nitrogens with one attached hydrogen (secondary N) is 3. The fourth-order valence-electron chi connectivity index (χ4n) is 5.48. The van der Waals surface area contributed by atoms with Crippen molar-refractivity contribution in [2.45, 2.75) is 19.8 Å². The van der Waals surface area contributed by atoms with Crippen molar-refractivity contribution in [1.29, 1.82) is 0 Å². The lowest BCUT2D eigenvalue weighted by Gasteiger charge is -2.15. The largest absolute Gasteiger partial charge is 0.358 e. The van der Waals surface area contributed by atoms with E-state index in [1.54, 1.807) is 36.8 Å². The smallest absolute Gasteiger partial charge is 0.124 e. The van der Waals surface area contributed by atoms with Crippen LogP contribution in [0.25, 0.3) is 49.9 Å². The van der Waals surface area contributed by atoms with Gasteiger partial charge in [-0.1, -0.05) is 25.3 Å². The summed E-state index contributed by atoms with van der Waals surface area (Å²) in [6.07, 6.45) is 12.9. The number of fused-ring (bicyclic) bond motifs is 2. The van der Waals surface area contributed by atoms with Crippen LogP contribution in [0.3, 0.4) is 0 Å². The summed E-state index contributed by atoms with van der Waals surface area (Å²) in [5, 5.41) is 13.0. The normalized spacial score (nSPS) is 12.5. The summed E-state index contributed by atoms with van der Waals surface area (Å²) < 4.78 is 14.8. The number of benzene rings is 1. The second-order valence-corrected chi connectivity index (χ2v) is 11.8. The van der Waals surface area contributed by atoms with Gasteiger partial charge in [0.05, 0.1) is 34.8 Å². The molecule has 0 bridgehead atoms. The first-order valence-electron chi connectivity index (χ1n) is 15.0. The Hall–Kier alpha value is -4.86. The molecule has 0 atom stereocenters. The summed E-state index contributed by atoms with van der Waals surface area (Å²) in [4.78, 5) is 16.9. The van der Waals surface area contributed by atoms with Crippen LogP contribution < -0.4 is 5.32 Å². The van der Waals surface area contributed by atoms with E-state index in [-0.39, 0.29) is 5.82 Å². The second-order valence-electron chi connectivity index (χ2n) is 11.8. The Morgan fingerprint density at radius 1 is 1.00 bits per heavy atom. The van der Waals surface area contributed by atoms with Gasteiger partial charge in [-0.25, -0.2) is 4.39 Å². The molecule has 4 heterocycles. The summed E-state index contributed by atoms with van der Waals surface area (Å²) in [7, 11) is 8.09. The third kappa shape index (κ3) is 7.45. The SMILES string of the molecule is C=C/C(=C\C(=C/C)c1cc2c(-c3cc4c(-c5cc(F)cc(CCCN(C)C)c5)cncc4[nH]3)n[nH]c2cn1)NC(=C)CN(C)C. The monoisotopic (exact) mass is 604 g/mol. The number of hydrogen-bond donors (Lipinski definition) is 3. The van der Waals surface area contributed by atoms with Gasteiger partial charge in [-0.3, -0.25) is 15.1 Å². The molecule has 0 aliphatic heterocycles. The number of likely N-dealkylation sites (N-methyl/N-ethyl adjacent to an activating group) is 1. The van der Waals surface area contributed by atoms with E-state index in [9.17, 15) is 4.39 Å². The summed E-state index contributed by atoms with van der Waals surface area (Å²) >= 11 is 0. The third-order valence-electron chi connectivity index (χ3n) is 7.55. The number of hydrogen-bond acceptors (Lipinski definition) is 6. The lowest BCUT2D eigenvalue weighted by atomic mass is 9.99. The van der Waals surface area contributed by atoms with Crippen molar-refractivity contribution < 1.29 is 4.39 Å². The highest BCUT2D eigenvalue weighted by atomic mass is 19.1. The quantitative estimate of drug-likeness (QED) is 0.126. The van der Waals surface area contributed by atoms with E-state index >= 15 is 0 Å². The number of halogens is 1. The van der Waals surface area contributed by atoms with Gasteiger partial charge in [0.15, 0.2) is 0 Å². The van der Waals surface area contributed by atoms with Crippen LogP contribution >= 0.6 is 0 Å². The first kappa shape index (κ1) is 31.6. The predicted octanol–water partition coefficient (Wildman–Crippen LogP) is 6.94. The van der Waals surface area contributed by atoms with Crippen molar-refractivity contribution in [3.05, 3.63) is 109 Å². The molecule has 0 aliphatic rings. The summed E-state index contributed by atoms with van der Waals surface area (Å²) in [5.74, 6) is -0.246. The molecule has 0 spiro atoms. The minimum atomic E-state index is -0.246. The molecule has 4 aromatic heterocycles. The molecule has 0 saturated heterocycles. The van der Waals surface area contributed by atoms with Gasteiger partial charge in [0.1, 0.15) is 11.5 Å². The summed E-state index contributed by atoms with van der Waals surface area (Å²) in [6.45, 7) is 11.7. The highest BCUT2D eigenvalue weighted by molar-refractivity contribution is 6.01. The first-order valence-corrected chi connectivity index (χ1v) is 15.0. The van der Waals surface area contributed by atoms with Gasteiger partial charge in [0.2, 0.25) is 0 Å². The number of pyridine rings is 2. The molecule has 0 fully saturated rings. The molecule has 45 heavy (non-hydrogen) atoms. The number of aromatic amines is 2. The number of aromatic nitrogens is 5. The van der Waals surface area contributed by atoms with Crippen LogP contribution in [-0.4, -0.2) is 76.2 Å². The highest BCUT2D eigenvalue weighted by Crippen LogP contribution is 2.35. The molecule has 0 saturated carbocycles. The fraction of sp³-hybridized carbons (Fsp3) is 0.250. The van der Waals surface area contributed by atoms with Crippen LogP contribution in [-0.2, 0) is 6.42 Å². The molecule has 0 aliphatic carbocycles. The Bertz CT molecular complexity index is 1910. The molecule has 1 aromatic carbocycles. The van der Waals surface area contributed by atoms with Crippen LogP contribution in [0, 0.1) is 5.82 Å². The van der Waals surface area contributed by atoms with Crippen LogP contribution in [0.1, 0.15) is 24.6 Å². The van der Waals surface area contributed by atoms with Crippen molar-refractivity contribution in [2.24, 2.45) is 0 Å². The average Bonchev–Trinajstić information content (AvgIpc) is 3.62. The zero-order valence-corrected chi connectivity index (χ0v) is 26.7.